The molecule has 1 aliphatic rings. The highest BCUT2D eigenvalue weighted by Gasteiger charge is 2.36. The Labute approximate surface area is 299 Å². The Morgan fingerprint density at radius 2 is 1.31 bits per heavy atom. The van der Waals surface area contributed by atoms with E-state index in [2.05, 4.69) is 38.1 Å². The molecular formula is C41H34N2O9. The predicted octanol–water partition coefficient (Wildman–Crippen LogP) is 7.71. The third-order valence-corrected chi connectivity index (χ3v) is 8.96. The first-order valence-corrected chi connectivity index (χ1v) is 16.5. The van der Waals surface area contributed by atoms with Gasteiger partial charge in [-0.3, -0.25) is 24.5 Å². The number of hydrogen-bond donors (Lipinski definition) is 0. The quantitative estimate of drug-likeness (QED) is 0.0421. The Balaban J connectivity index is 0.975. The summed E-state index contributed by atoms with van der Waals surface area (Å²) in [5, 5.41) is 10.8. The maximum atomic E-state index is 12.8. The number of nitrogens with zero attached hydrogens (tertiary/aromatic N) is 2. The van der Waals surface area contributed by atoms with E-state index in [4.69, 9.17) is 14.2 Å². The molecule has 52 heavy (non-hydrogen) atoms. The van der Waals surface area contributed by atoms with Crippen LogP contribution in [0, 0.1) is 16.0 Å². The normalized spacial score (nSPS) is 14.1. The number of hydrogen-bond acceptors (Lipinski definition) is 9. The minimum Gasteiger partial charge on any atom is -0.457 e. The Morgan fingerprint density at radius 3 is 1.92 bits per heavy atom. The number of Topliss-reactive ketones (excluding diaryl/α,β-unsaturated/α-hetero) is 1. The fourth-order valence-corrected chi connectivity index (χ4v) is 5.84. The lowest BCUT2D eigenvalue weighted by molar-refractivity contribution is -0.384. The predicted molar refractivity (Wildman–Crippen MR) is 192 cm³/mol. The lowest BCUT2D eigenvalue weighted by Gasteiger charge is -2.26. The molecule has 0 spiro atoms. The van der Waals surface area contributed by atoms with Crippen LogP contribution < -0.4 is 14.4 Å². The van der Waals surface area contributed by atoms with Crippen LogP contribution in [0.5, 0.6) is 17.2 Å². The van der Waals surface area contributed by atoms with Crippen molar-refractivity contribution in [2.75, 3.05) is 18.1 Å². The molecule has 0 unspecified atom stereocenters. The molecule has 262 valence electrons. The van der Waals surface area contributed by atoms with E-state index >= 15 is 0 Å². The van der Waals surface area contributed by atoms with Crippen LogP contribution in [0.25, 0.3) is 0 Å². The summed E-state index contributed by atoms with van der Waals surface area (Å²) >= 11 is 0. The van der Waals surface area contributed by atoms with Gasteiger partial charge in [-0.05, 0) is 83.9 Å². The van der Waals surface area contributed by atoms with Gasteiger partial charge >= 0.3 is 11.9 Å². The van der Waals surface area contributed by atoms with E-state index in [0.29, 0.717) is 17.2 Å². The van der Waals surface area contributed by atoms with Crippen LogP contribution in [-0.4, -0.2) is 41.7 Å². The third-order valence-electron chi connectivity index (χ3n) is 8.96. The zero-order chi connectivity index (χ0) is 36.8. The summed E-state index contributed by atoms with van der Waals surface area (Å²) in [5.41, 5.74) is 3.00. The number of esters is 2. The number of nitro benzene ring substituents is 1. The van der Waals surface area contributed by atoms with E-state index in [0.717, 1.165) is 5.56 Å². The van der Waals surface area contributed by atoms with Crippen LogP contribution in [-0.2, 0) is 19.7 Å². The Bertz CT molecular complexity index is 2090. The Morgan fingerprint density at radius 1 is 0.750 bits per heavy atom. The SMILES string of the molecule is CC(C)(c1ccccc1)c1ccc(Oc2ccc(N3C[C@@H](C(=O)OCC(=O)c4ccc(OC(=O)c5ccc([N+](=O)[O-])cc5)cc4)CC3=O)cc2)cc1. The molecule has 6 rings (SSSR count). The number of amides is 1. The molecule has 1 atom stereocenters. The van der Waals surface area contributed by atoms with Gasteiger partial charge in [-0.15, -0.1) is 0 Å². The van der Waals surface area contributed by atoms with E-state index in [1.165, 1.54) is 59.0 Å². The van der Waals surface area contributed by atoms with Gasteiger partial charge in [0.15, 0.2) is 12.4 Å². The molecule has 1 amide bonds. The number of anilines is 1. The average Bonchev–Trinajstić information content (AvgIpc) is 3.56. The molecule has 0 saturated carbocycles. The number of non-ortho nitro benzene ring substituents is 1. The molecular weight excluding hydrogens is 664 g/mol. The van der Waals surface area contributed by atoms with Crippen molar-refractivity contribution in [1.29, 1.82) is 0 Å². The largest absolute Gasteiger partial charge is 0.457 e. The summed E-state index contributed by atoms with van der Waals surface area (Å²) in [7, 11) is 0. The molecule has 11 nitrogen and oxygen atoms in total. The van der Waals surface area contributed by atoms with Crippen molar-refractivity contribution < 1.29 is 38.3 Å². The first kappa shape index (κ1) is 35.2. The zero-order valence-electron chi connectivity index (χ0n) is 28.4. The molecule has 5 aromatic rings. The number of rotatable bonds is 12. The maximum absolute atomic E-state index is 12.8. The van der Waals surface area contributed by atoms with Crippen LogP contribution in [0.3, 0.4) is 0 Å². The Kier molecular flexibility index (Phi) is 10.2. The van der Waals surface area contributed by atoms with Gasteiger partial charge in [-0.2, -0.15) is 0 Å². The first-order chi connectivity index (χ1) is 25.0. The number of nitro groups is 1. The van der Waals surface area contributed by atoms with Gasteiger partial charge in [0, 0.05) is 41.8 Å². The second-order valence-electron chi connectivity index (χ2n) is 12.8. The number of carbonyl (C=O) groups is 4. The number of ether oxygens (including phenoxy) is 3. The smallest absolute Gasteiger partial charge is 0.343 e. The molecule has 5 aromatic carbocycles. The number of carbonyl (C=O) groups excluding carboxylic acids is 4. The van der Waals surface area contributed by atoms with Crippen molar-refractivity contribution in [3.8, 4) is 17.2 Å². The highest BCUT2D eigenvalue weighted by atomic mass is 16.6. The van der Waals surface area contributed by atoms with Crippen molar-refractivity contribution in [3.63, 3.8) is 0 Å². The fraction of sp³-hybridized carbons (Fsp3) is 0.171. The summed E-state index contributed by atoms with van der Waals surface area (Å²) in [6, 6.07) is 35.9. The standard InChI is InChI=1S/C41H34N2O9/c1-41(2,30-6-4-3-5-7-30)31-12-20-34(21-13-31)51-35-22-16-32(17-23-35)42-25-29(24-38(42)45)39(46)50-26-37(44)27-10-18-36(19-11-27)52-40(47)28-8-14-33(15-9-28)43(48)49/h3-23,29H,24-26H2,1-2H3/t29-/m0/s1. The number of benzene rings is 5. The molecule has 0 aliphatic carbocycles. The molecule has 0 N–H and O–H groups in total. The highest BCUT2D eigenvalue weighted by Crippen LogP contribution is 2.34. The van der Waals surface area contributed by atoms with Gasteiger partial charge in [0.25, 0.3) is 5.69 Å². The summed E-state index contributed by atoms with van der Waals surface area (Å²) in [6.45, 7) is 3.94. The summed E-state index contributed by atoms with van der Waals surface area (Å²) in [5.74, 6) is -1.42. The molecule has 0 bridgehead atoms. The average molecular weight is 699 g/mol. The summed E-state index contributed by atoms with van der Waals surface area (Å²) in [4.78, 5) is 62.5. The maximum Gasteiger partial charge on any atom is 0.343 e. The van der Waals surface area contributed by atoms with Crippen molar-refractivity contribution in [1.82, 2.24) is 0 Å². The minimum atomic E-state index is -0.740. The van der Waals surface area contributed by atoms with Crippen LogP contribution >= 0.6 is 0 Å². The van der Waals surface area contributed by atoms with Gasteiger partial charge < -0.3 is 19.1 Å². The third kappa shape index (κ3) is 8.05. The second-order valence-corrected chi connectivity index (χ2v) is 12.8. The van der Waals surface area contributed by atoms with E-state index in [-0.39, 0.29) is 46.9 Å². The van der Waals surface area contributed by atoms with E-state index < -0.39 is 35.2 Å². The molecule has 1 fully saturated rings. The van der Waals surface area contributed by atoms with E-state index in [1.807, 2.05) is 30.3 Å². The molecule has 11 heteroatoms. The summed E-state index contributed by atoms with van der Waals surface area (Å²) in [6.07, 6.45) is -0.0498. The lowest BCUT2D eigenvalue weighted by atomic mass is 9.78. The Hall–Kier alpha value is -6.62. The monoisotopic (exact) mass is 698 g/mol. The van der Waals surface area contributed by atoms with Gasteiger partial charge in [-0.1, -0.05) is 56.3 Å². The van der Waals surface area contributed by atoms with Crippen molar-refractivity contribution in [2.24, 2.45) is 5.92 Å². The van der Waals surface area contributed by atoms with Gasteiger partial charge in [0.1, 0.15) is 17.2 Å². The molecule has 1 heterocycles. The summed E-state index contributed by atoms with van der Waals surface area (Å²) < 4.78 is 16.6. The second kappa shape index (κ2) is 15.1. The molecule has 0 aromatic heterocycles. The molecule has 1 aliphatic heterocycles. The van der Waals surface area contributed by atoms with Gasteiger partial charge in [-0.25, -0.2) is 4.79 Å². The zero-order valence-corrected chi connectivity index (χ0v) is 28.4. The molecule has 0 radical (unpaired) electrons. The van der Waals surface area contributed by atoms with Crippen LogP contribution in [0.4, 0.5) is 11.4 Å². The van der Waals surface area contributed by atoms with Crippen LogP contribution in [0.2, 0.25) is 0 Å². The molecule has 1 saturated heterocycles. The van der Waals surface area contributed by atoms with Gasteiger partial charge in [0.05, 0.1) is 16.4 Å². The minimum absolute atomic E-state index is 0.0498. The van der Waals surface area contributed by atoms with Crippen molar-refractivity contribution >= 4 is 35.0 Å². The fourth-order valence-electron chi connectivity index (χ4n) is 5.84. The van der Waals surface area contributed by atoms with Crippen molar-refractivity contribution in [3.05, 3.63) is 160 Å². The first-order valence-electron chi connectivity index (χ1n) is 16.5. The van der Waals surface area contributed by atoms with E-state index in [9.17, 15) is 29.3 Å². The van der Waals surface area contributed by atoms with Crippen LogP contribution in [0.1, 0.15) is 52.1 Å². The van der Waals surface area contributed by atoms with E-state index in [1.54, 1.807) is 24.3 Å². The highest BCUT2D eigenvalue weighted by molar-refractivity contribution is 6.01. The topological polar surface area (TPSA) is 142 Å². The number of ketones is 1. The lowest BCUT2D eigenvalue weighted by Crippen LogP contribution is -2.27. The van der Waals surface area contributed by atoms with Gasteiger partial charge in [0.2, 0.25) is 5.91 Å². The van der Waals surface area contributed by atoms with Crippen molar-refractivity contribution in [2.45, 2.75) is 25.7 Å². The van der Waals surface area contributed by atoms with Crippen LogP contribution in [0.15, 0.2) is 127 Å².